The van der Waals surface area contributed by atoms with Crippen LogP contribution in [0.15, 0.2) is 30.3 Å². The minimum absolute atomic E-state index is 0.108. The Morgan fingerprint density at radius 1 is 1.22 bits per heavy atom. The van der Waals surface area contributed by atoms with Crippen molar-refractivity contribution < 1.29 is 23.0 Å². The van der Waals surface area contributed by atoms with E-state index in [4.69, 9.17) is 0 Å². The van der Waals surface area contributed by atoms with Crippen molar-refractivity contribution in [2.75, 3.05) is 22.2 Å². The molecule has 1 aromatic carbocycles. The molecule has 1 aliphatic heterocycles. The minimum atomic E-state index is -3.38. The topological polar surface area (TPSA) is 80.1 Å². The highest BCUT2D eigenvalue weighted by Gasteiger charge is 2.59. The summed E-state index contributed by atoms with van der Waals surface area (Å²) in [4.78, 5) is 4.44. The van der Waals surface area contributed by atoms with Gasteiger partial charge in [0.2, 0.25) is 0 Å². The number of aryl methyl sites for hydroxylation is 1. The monoisotopic (exact) mass is 397 g/mol. The number of anilines is 2. The summed E-state index contributed by atoms with van der Waals surface area (Å²) >= 11 is 0. The Hall–Kier alpha value is -1.94. The Labute approximate surface area is 157 Å². The van der Waals surface area contributed by atoms with Crippen molar-refractivity contribution >= 4 is 22.3 Å². The van der Waals surface area contributed by atoms with Gasteiger partial charge in [-0.2, -0.15) is 0 Å². The molecule has 146 valence electrons. The minimum Gasteiger partial charge on any atom is -0.390 e. The van der Waals surface area contributed by atoms with Gasteiger partial charge in [-0.05, 0) is 41.6 Å². The van der Waals surface area contributed by atoms with Crippen LogP contribution in [0.3, 0.4) is 0 Å². The van der Waals surface area contributed by atoms with Crippen LogP contribution in [0.2, 0.25) is 0 Å². The molecule has 4 rings (SSSR count). The average Bonchev–Trinajstić information content (AvgIpc) is 3.19. The highest BCUT2D eigenvalue weighted by molar-refractivity contribution is 8.26. The molecule has 27 heavy (non-hydrogen) atoms. The molecular weight excluding hydrogens is 376 g/mol. The van der Waals surface area contributed by atoms with Crippen molar-refractivity contribution in [3.05, 3.63) is 41.6 Å². The molecule has 1 fully saturated rings. The third-order valence-electron chi connectivity index (χ3n) is 5.18. The third kappa shape index (κ3) is 2.94. The second-order valence-electron chi connectivity index (χ2n) is 7.04. The molecule has 0 radical (unpaired) electrons. The van der Waals surface area contributed by atoms with E-state index in [2.05, 4.69) is 4.98 Å². The number of benzene rings is 1. The number of aromatic nitrogens is 1. The van der Waals surface area contributed by atoms with E-state index < -0.39 is 22.8 Å². The van der Waals surface area contributed by atoms with Gasteiger partial charge in [0.15, 0.2) is 0 Å². The molecule has 1 unspecified atom stereocenters. The van der Waals surface area contributed by atoms with Crippen molar-refractivity contribution in [3.8, 4) is 11.3 Å². The maximum absolute atomic E-state index is 13.4. The normalized spacial score (nSPS) is 23.3. The van der Waals surface area contributed by atoms with Gasteiger partial charge >= 0.3 is 0 Å². The van der Waals surface area contributed by atoms with E-state index in [1.54, 1.807) is 24.3 Å². The number of aliphatic hydroxyl groups is 1. The Bertz CT molecular complexity index is 909. The largest absolute Gasteiger partial charge is 0.390 e. The van der Waals surface area contributed by atoms with Crippen LogP contribution in [0.4, 0.5) is 20.2 Å². The maximum Gasteiger partial charge on any atom is 0.253 e. The Morgan fingerprint density at radius 2 is 1.93 bits per heavy atom. The maximum atomic E-state index is 13.4. The fourth-order valence-electron chi connectivity index (χ4n) is 3.36. The molecule has 0 saturated heterocycles. The average molecular weight is 397 g/mol. The Balaban J connectivity index is 1.73. The first-order valence-electron chi connectivity index (χ1n) is 8.54. The number of halogens is 2. The fourth-order valence-corrected chi connectivity index (χ4v) is 4.87. The quantitative estimate of drug-likeness (QED) is 0.723. The highest BCUT2D eigenvalue weighted by Crippen LogP contribution is 2.63. The summed E-state index contributed by atoms with van der Waals surface area (Å²) < 4.78 is 50.5. The molecular formula is C18H21F2N3O3S. The Kier molecular flexibility index (Phi) is 4.12. The number of hydrogen-bond acceptors (Lipinski definition) is 6. The summed E-state index contributed by atoms with van der Waals surface area (Å²) in [6.07, 6.45) is -0.229. The van der Waals surface area contributed by atoms with Crippen LogP contribution in [0, 0.1) is 12.8 Å². The summed E-state index contributed by atoms with van der Waals surface area (Å²) in [5, 5.41) is 9.33. The molecule has 2 heterocycles. The predicted octanol–water partition coefficient (Wildman–Crippen LogP) is 4.04. The van der Waals surface area contributed by atoms with Crippen LogP contribution in [0.1, 0.15) is 17.7 Å². The first-order chi connectivity index (χ1) is 12.6. The van der Waals surface area contributed by atoms with Gasteiger partial charge in [0.1, 0.15) is 0 Å². The molecule has 0 bridgehead atoms. The molecule has 1 aliphatic carbocycles. The van der Waals surface area contributed by atoms with Crippen LogP contribution in [-0.2, 0) is 6.61 Å². The molecule has 0 amide bonds. The molecule has 9 heteroatoms. The summed E-state index contributed by atoms with van der Waals surface area (Å²) in [6.45, 7) is 1.61. The van der Waals surface area contributed by atoms with Gasteiger partial charge in [-0.3, -0.25) is 22.7 Å². The first-order valence-corrected chi connectivity index (χ1v) is 10.0. The van der Waals surface area contributed by atoms with E-state index in [0.29, 0.717) is 22.8 Å². The van der Waals surface area contributed by atoms with Crippen LogP contribution >= 0.6 is 11.0 Å². The number of hydrogen-bond donors (Lipinski definition) is 3. The standard InChI is InChI=1S/C18H21F2N3O3S/c1-11-3-5-14(10-24)21-17(11)12-4-6-15-16(7-12)22(2)27(25,26)23(15)9-13-8-18(13,19)20/h3-7,13,24-26H,8-10H2,1-2H3. The van der Waals surface area contributed by atoms with Crippen molar-refractivity contribution in [2.24, 2.45) is 5.92 Å². The van der Waals surface area contributed by atoms with E-state index in [9.17, 15) is 23.0 Å². The summed E-state index contributed by atoms with van der Waals surface area (Å²) in [5.41, 5.74) is 3.94. The number of alkyl halides is 2. The summed E-state index contributed by atoms with van der Waals surface area (Å²) in [6, 6.07) is 8.86. The summed E-state index contributed by atoms with van der Waals surface area (Å²) in [5.74, 6) is -3.60. The lowest BCUT2D eigenvalue weighted by Crippen LogP contribution is -2.33. The van der Waals surface area contributed by atoms with Crippen molar-refractivity contribution in [1.29, 1.82) is 0 Å². The van der Waals surface area contributed by atoms with E-state index >= 15 is 0 Å². The lowest BCUT2D eigenvalue weighted by atomic mass is 10.0. The molecule has 3 N–H and O–H groups in total. The second kappa shape index (κ2) is 6.03. The lowest BCUT2D eigenvalue weighted by Gasteiger charge is -2.42. The SMILES string of the molecule is Cc1ccc(CO)nc1-c1ccc2c(c1)N(C)S(O)(O)N2CC1CC1(F)F. The lowest BCUT2D eigenvalue weighted by molar-refractivity contribution is 0.101. The predicted molar refractivity (Wildman–Crippen MR) is 102 cm³/mol. The van der Waals surface area contributed by atoms with Gasteiger partial charge in [-0.1, -0.05) is 12.1 Å². The van der Waals surface area contributed by atoms with Gasteiger partial charge in [-0.15, -0.1) is 0 Å². The molecule has 0 spiro atoms. The van der Waals surface area contributed by atoms with E-state index in [-0.39, 0.29) is 19.6 Å². The highest BCUT2D eigenvalue weighted by atomic mass is 32.3. The van der Waals surface area contributed by atoms with Gasteiger partial charge in [0.05, 0.1) is 29.4 Å². The second-order valence-corrected chi connectivity index (χ2v) is 9.01. The van der Waals surface area contributed by atoms with Crippen LogP contribution in [0.25, 0.3) is 11.3 Å². The van der Waals surface area contributed by atoms with E-state index in [1.165, 1.54) is 15.7 Å². The van der Waals surface area contributed by atoms with Crippen molar-refractivity contribution in [2.45, 2.75) is 25.9 Å². The number of pyridine rings is 1. The number of nitrogens with zero attached hydrogens (tertiary/aromatic N) is 3. The molecule has 1 saturated carbocycles. The van der Waals surface area contributed by atoms with Gasteiger partial charge < -0.3 is 5.11 Å². The zero-order valence-electron chi connectivity index (χ0n) is 14.9. The summed E-state index contributed by atoms with van der Waals surface area (Å²) in [7, 11) is -1.84. The van der Waals surface area contributed by atoms with Gasteiger partial charge in [0.25, 0.3) is 5.92 Å². The van der Waals surface area contributed by atoms with Crippen LogP contribution < -0.4 is 8.61 Å². The van der Waals surface area contributed by atoms with Gasteiger partial charge in [-0.25, -0.2) is 8.78 Å². The smallest absolute Gasteiger partial charge is 0.253 e. The van der Waals surface area contributed by atoms with E-state index in [1.807, 2.05) is 13.0 Å². The molecule has 1 aromatic heterocycles. The number of fused-ring (bicyclic) bond motifs is 1. The fraction of sp³-hybridized carbons (Fsp3) is 0.389. The number of aliphatic hydroxyl groups excluding tert-OH is 1. The molecule has 2 aliphatic rings. The number of rotatable bonds is 4. The third-order valence-corrected chi connectivity index (χ3v) is 7.05. The molecule has 6 nitrogen and oxygen atoms in total. The van der Waals surface area contributed by atoms with Crippen LogP contribution in [0.5, 0.6) is 0 Å². The Morgan fingerprint density at radius 3 is 2.56 bits per heavy atom. The molecule has 2 aromatic rings. The molecule has 1 atom stereocenters. The first kappa shape index (κ1) is 18.4. The van der Waals surface area contributed by atoms with Gasteiger partial charge in [0, 0.05) is 31.5 Å². The van der Waals surface area contributed by atoms with E-state index in [0.717, 1.165) is 11.1 Å². The van der Waals surface area contributed by atoms with Crippen LogP contribution in [-0.4, -0.2) is 38.7 Å². The van der Waals surface area contributed by atoms with Crippen molar-refractivity contribution in [3.63, 3.8) is 0 Å². The zero-order chi connectivity index (χ0) is 19.6. The zero-order valence-corrected chi connectivity index (χ0v) is 15.7. The van der Waals surface area contributed by atoms with Crippen molar-refractivity contribution in [1.82, 2.24) is 4.98 Å².